The van der Waals surface area contributed by atoms with Crippen LogP contribution in [0.3, 0.4) is 0 Å². The van der Waals surface area contributed by atoms with Crippen molar-refractivity contribution in [2.45, 2.75) is 18.9 Å². The van der Waals surface area contributed by atoms with Crippen molar-refractivity contribution in [2.75, 3.05) is 25.0 Å². The van der Waals surface area contributed by atoms with Crippen molar-refractivity contribution in [1.82, 2.24) is 9.88 Å². The molecule has 0 bridgehead atoms. The average Bonchev–Trinajstić information content (AvgIpc) is 2.41. The highest BCUT2D eigenvalue weighted by molar-refractivity contribution is 5.75. The molecule has 1 aliphatic heterocycles. The van der Waals surface area contributed by atoms with Crippen molar-refractivity contribution in [3.05, 3.63) is 23.9 Å². The van der Waals surface area contributed by atoms with Gasteiger partial charge in [0.1, 0.15) is 11.9 Å². The first-order valence-corrected chi connectivity index (χ1v) is 6.31. The minimum Gasteiger partial charge on any atom is -0.369 e. The number of hydrogen-bond acceptors (Lipinski definition) is 5. The summed E-state index contributed by atoms with van der Waals surface area (Å²) >= 11 is 0. The molecule has 2 heterocycles. The third-order valence-corrected chi connectivity index (χ3v) is 3.24. The van der Waals surface area contributed by atoms with E-state index in [4.69, 9.17) is 11.0 Å². The predicted octanol–water partition coefficient (Wildman–Crippen LogP) is 0.315. The van der Waals surface area contributed by atoms with Gasteiger partial charge in [0.25, 0.3) is 0 Å². The van der Waals surface area contributed by atoms with Crippen LogP contribution in [0.2, 0.25) is 0 Å². The normalized spacial score (nSPS) is 16.8. The van der Waals surface area contributed by atoms with E-state index in [9.17, 15) is 4.79 Å². The Morgan fingerprint density at radius 1 is 1.58 bits per heavy atom. The number of anilines is 1. The Morgan fingerprint density at radius 3 is 2.95 bits per heavy atom. The molecule has 0 spiro atoms. The van der Waals surface area contributed by atoms with E-state index >= 15 is 0 Å². The number of aromatic nitrogens is 1. The Kier molecular flexibility index (Phi) is 4.31. The lowest BCUT2D eigenvalue weighted by molar-refractivity contribution is -0.119. The number of nitrogens with two attached hydrogens (primary N) is 1. The van der Waals surface area contributed by atoms with Crippen LogP contribution >= 0.6 is 0 Å². The predicted molar refractivity (Wildman–Crippen MR) is 71.2 cm³/mol. The highest BCUT2D eigenvalue weighted by Gasteiger charge is 2.20. The van der Waals surface area contributed by atoms with Gasteiger partial charge in [-0.25, -0.2) is 4.98 Å². The van der Waals surface area contributed by atoms with Crippen LogP contribution in [0, 0.1) is 11.3 Å². The lowest BCUT2D eigenvalue weighted by atomic mass is 10.0. The molecule has 1 aliphatic rings. The largest absolute Gasteiger partial charge is 0.369 e. The summed E-state index contributed by atoms with van der Waals surface area (Å²) in [5.41, 5.74) is 5.73. The number of likely N-dealkylation sites (tertiary alicyclic amines) is 1. The Balaban J connectivity index is 1.89. The van der Waals surface area contributed by atoms with E-state index in [1.807, 2.05) is 4.90 Å². The quantitative estimate of drug-likeness (QED) is 0.811. The zero-order valence-electron chi connectivity index (χ0n) is 10.7. The molecule has 2 rings (SSSR count). The van der Waals surface area contributed by atoms with Gasteiger partial charge in [0.05, 0.1) is 12.1 Å². The van der Waals surface area contributed by atoms with E-state index in [2.05, 4.69) is 16.4 Å². The van der Waals surface area contributed by atoms with Gasteiger partial charge in [-0.3, -0.25) is 9.69 Å². The lowest BCUT2D eigenvalue weighted by Gasteiger charge is -2.31. The highest BCUT2D eigenvalue weighted by atomic mass is 16.1. The summed E-state index contributed by atoms with van der Waals surface area (Å²) in [7, 11) is 0. The summed E-state index contributed by atoms with van der Waals surface area (Å²) in [6.07, 6.45) is 3.49. The van der Waals surface area contributed by atoms with Crippen molar-refractivity contribution in [3.63, 3.8) is 0 Å². The number of carbonyl (C=O) groups is 1. The second-order valence-electron chi connectivity index (χ2n) is 4.67. The van der Waals surface area contributed by atoms with Crippen LogP contribution in [-0.4, -0.2) is 41.5 Å². The smallest absolute Gasteiger partial charge is 0.231 e. The van der Waals surface area contributed by atoms with E-state index in [1.54, 1.807) is 18.3 Å². The van der Waals surface area contributed by atoms with E-state index in [1.165, 1.54) is 0 Å². The molecular formula is C13H17N5O. The zero-order chi connectivity index (χ0) is 13.7. The summed E-state index contributed by atoms with van der Waals surface area (Å²) in [5, 5.41) is 12.3. The van der Waals surface area contributed by atoms with E-state index in [0.29, 0.717) is 17.9 Å². The molecule has 6 nitrogen and oxygen atoms in total. The average molecular weight is 259 g/mol. The number of amides is 1. The van der Waals surface area contributed by atoms with Gasteiger partial charge in [-0.2, -0.15) is 5.26 Å². The fourth-order valence-corrected chi connectivity index (χ4v) is 2.26. The van der Waals surface area contributed by atoms with E-state index in [-0.39, 0.29) is 11.9 Å². The molecule has 1 amide bonds. The van der Waals surface area contributed by atoms with Gasteiger partial charge < -0.3 is 11.1 Å². The van der Waals surface area contributed by atoms with Gasteiger partial charge in [-0.1, -0.05) is 0 Å². The van der Waals surface area contributed by atoms with E-state index < -0.39 is 0 Å². The van der Waals surface area contributed by atoms with Crippen LogP contribution in [-0.2, 0) is 4.79 Å². The van der Waals surface area contributed by atoms with Crippen molar-refractivity contribution in [1.29, 1.82) is 5.26 Å². The summed E-state index contributed by atoms with van der Waals surface area (Å²) in [4.78, 5) is 17.1. The topological polar surface area (TPSA) is 95.0 Å². The molecule has 0 unspecified atom stereocenters. The number of rotatable bonds is 4. The fourth-order valence-electron chi connectivity index (χ4n) is 2.26. The first kappa shape index (κ1) is 13.3. The Bertz CT molecular complexity index is 488. The minimum absolute atomic E-state index is 0.283. The van der Waals surface area contributed by atoms with Crippen molar-refractivity contribution < 1.29 is 4.79 Å². The first-order valence-electron chi connectivity index (χ1n) is 6.31. The Morgan fingerprint density at radius 2 is 2.32 bits per heavy atom. The number of nitriles is 1. The molecule has 0 aliphatic carbocycles. The van der Waals surface area contributed by atoms with Crippen LogP contribution in [0.5, 0.6) is 0 Å². The van der Waals surface area contributed by atoms with Gasteiger partial charge in [0, 0.05) is 25.3 Å². The zero-order valence-corrected chi connectivity index (χ0v) is 10.7. The maximum absolute atomic E-state index is 10.8. The molecule has 6 heteroatoms. The Labute approximate surface area is 112 Å². The summed E-state index contributed by atoms with van der Waals surface area (Å²) in [6, 6.07) is 5.90. The highest BCUT2D eigenvalue weighted by Crippen LogP contribution is 2.17. The van der Waals surface area contributed by atoms with Crippen LogP contribution in [0.1, 0.15) is 18.4 Å². The fraction of sp³-hybridized carbons (Fsp3) is 0.462. The maximum atomic E-state index is 10.8. The molecule has 0 saturated carbocycles. The molecule has 0 atom stereocenters. The number of primary amides is 1. The molecule has 0 aromatic carbocycles. The molecular weight excluding hydrogens is 242 g/mol. The van der Waals surface area contributed by atoms with Crippen LogP contribution in [0.25, 0.3) is 0 Å². The van der Waals surface area contributed by atoms with Crippen LogP contribution in [0.4, 0.5) is 5.82 Å². The monoisotopic (exact) mass is 259 g/mol. The van der Waals surface area contributed by atoms with Gasteiger partial charge in [-0.15, -0.1) is 0 Å². The SMILES string of the molecule is N#Cc1cccnc1NC1CCN(CC(N)=O)CC1. The standard InChI is InChI=1S/C13H17N5O/c14-8-10-2-1-5-16-13(10)17-11-3-6-18(7-4-11)9-12(15)19/h1-2,5,11H,3-4,6-7,9H2,(H2,15,19)(H,16,17). The molecule has 0 radical (unpaired) electrons. The van der Waals surface area contributed by atoms with Gasteiger partial charge in [0.15, 0.2) is 0 Å². The molecule has 3 N–H and O–H groups in total. The minimum atomic E-state index is -0.289. The maximum Gasteiger partial charge on any atom is 0.231 e. The van der Waals surface area contributed by atoms with Crippen LogP contribution < -0.4 is 11.1 Å². The number of carbonyl (C=O) groups excluding carboxylic acids is 1. The summed E-state index contributed by atoms with van der Waals surface area (Å²) in [6.45, 7) is 1.98. The van der Waals surface area contributed by atoms with Gasteiger partial charge in [0.2, 0.25) is 5.91 Å². The third-order valence-electron chi connectivity index (χ3n) is 3.24. The first-order chi connectivity index (χ1) is 9.19. The third kappa shape index (κ3) is 3.66. The second-order valence-corrected chi connectivity index (χ2v) is 4.67. The molecule has 1 saturated heterocycles. The summed E-state index contributed by atoms with van der Waals surface area (Å²) < 4.78 is 0. The van der Waals surface area contributed by atoms with Crippen molar-refractivity contribution in [2.24, 2.45) is 5.73 Å². The molecule has 100 valence electrons. The Hall–Kier alpha value is -2.13. The lowest BCUT2D eigenvalue weighted by Crippen LogP contribution is -2.43. The van der Waals surface area contributed by atoms with Crippen LogP contribution in [0.15, 0.2) is 18.3 Å². The molecule has 1 aromatic rings. The molecule has 1 aromatic heterocycles. The number of piperidine rings is 1. The number of hydrogen-bond donors (Lipinski definition) is 2. The van der Waals surface area contributed by atoms with Gasteiger partial charge in [-0.05, 0) is 25.0 Å². The van der Waals surface area contributed by atoms with Gasteiger partial charge >= 0.3 is 0 Å². The summed E-state index contributed by atoms with van der Waals surface area (Å²) in [5.74, 6) is 0.348. The molecule has 19 heavy (non-hydrogen) atoms. The van der Waals surface area contributed by atoms with Crippen molar-refractivity contribution in [3.8, 4) is 6.07 Å². The second kappa shape index (κ2) is 6.16. The van der Waals surface area contributed by atoms with Crippen molar-refractivity contribution >= 4 is 11.7 Å². The number of nitrogens with zero attached hydrogens (tertiary/aromatic N) is 3. The number of nitrogens with one attached hydrogen (secondary N) is 1. The van der Waals surface area contributed by atoms with E-state index in [0.717, 1.165) is 25.9 Å². The number of pyridine rings is 1. The molecule has 1 fully saturated rings.